The molecule has 3 aromatic carbocycles. The van der Waals surface area contributed by atoms with Crippen molar-refractivity contribution < 1.29 is 13.9 Å². The fourth-order valence-electron chi connectivity index (χ4n) is 2.85. The number of halogens is 1. The Bertz CT molecular complexity index is 1140. The lowest BCUT2D eigenvalue weighted by Gasteiger charge is -2.07. The number of nitrogens with zero attached hydrogens (tertiary/aromatic N) is 1. The Balaban J connectivity index is 1.53. The molecule has 4 rings (SSSR count). The van der Waals surface area contributed by atoms with Gasteiger partial charge < -0.3 is 10.1 Å². The second-order valence-electron chi connectivity index (χ2n) is 6.22. The van der Waals surface area contributed by atoms with Crippen LogP contribution in [-0.4, -0.2) is 18.0 Å². The monoisotopic (exact) mass is 392 g/mol. The van der Waals surface area contributed by atoms with E-state index in [0.29, 0.717) is 16.8 Å². The summed E-state index contributed by atoms with van der Waals surface area (Å²) in [5.41, 5.74) is 3.47. The van der Waals surface area contributed by atoms with E-state index in [1.165, 1.54) is 0 Å². The minimum absolute atomic E-state index is 0.268. The number of hydrogen-bond acceptors (Lipinski definition) is 4. The molecule has 0 radical (unpaired) electrons. The van der Waals surface area contributed by atoms with Crippen LogP contribution in [0.5, 0.6) is 5.75 Å². The average Bonchev–Trinajstić information content (AvgIpc) is 3.17. The van der Waals surface area contributed by atoms with Crippen LogP contribution in [0, 0.1) is 0 Å². The molecule has 0 saturated carbocycles. The number of anilines is 1. The second kappa shape index (κ2) is 7.78. The standard InChI is InChI=1S/C22H17FN2O2S/c1-27-18-9-10-19-20(12-18)28-22(25-19)15-5-7-17(8-6-15)24-21(26)16-4-2-3-14(11-16)13-23/h2-12H,13H2,1H3,(H,24,26). The number of carbonyl (C=O) groups excluding carboxylic acids is 1. The Morgan fingerprint density at radius 1 is 1.11 bits per heavy atom. The van der Waals surface area contributed by atoms with E-state index in [2.05, 4.69) is 10.3 Å². The third-order valence-corrected chi connectivity index (χ3v) is 5.40. The zero-order valence-corrected chi connectivity index (χ0v) is 15.9. The summed E-state index contributed by atoms with van der Waals surface area (Å²) in [6.45, 7) is -0.593. The molecule has 0 atom stereocenters. The van der Waals surface area contributed by atoms with Crippen LogP contribution in [0.2, 0.25) is 0 Å². The van der Waals surface area contributed by atoms with Crippen LogP contribution >= 0.6 is 11.3 Å². The van der Waals surface area contributed by atoms with Crippen LogP contribution in [0.25, 0.3) is 20.8 Å². The molecule has 0 aliphatic heterocycles. The average molecular weight is 392 g/mol. The molecule has 4 nitrogen and oxygen atoms in total. The number of aromatic nitrogens is 1. The SMILES string of the molecule is COc1ccc2nc(-c3ccc(NC(=O)c4cccc(CF)c4)cc3)sc2c1. The van der Waals surface area contributed by atoms with Crippen LogP contribution in [-0.2, 0) is 6.67 Å². The first-order chi connectivity index (χ1) is 13.7. The van der Waals surface area contributed by atoms with Crippen molar-refractivity contribution in [2.24, 2.45) is 0 Å². The van der Waals surface area contributed by atoms with Crippen LogP contribution in [0.4, 0.5) is 10.1 Å². The number of carbonyl (C=O) groups is 1. The molecule has 1 N–H and O–H groups in total. The van der Waals surface area contributed by atoms with Gasteiger partial charge in [-0.1, -0.05) is 12.1 Å². The van der Waals surface area contributed by atoms with Crippen molar-refractivity contribution in [3.8, 4) is 16.3 Å². The number of benzene rings is 3. The molecule has 28 heavy (non-hydrogen) atoms. The van der Waals surface area contributed by atoms with E-state index in [0.717, 1.165) is 26.5 Å². The highest BCUT2D eigenvalue weighted by molar-refractivity contribution is 7.21. The minimum Gasteiger partial charge on any atom is -0.497 e. The highest BCUT2D eigenvalue weighted by atomic mass is 32.1. The van der Waals surface area contributed by atoms with E-state index in [1.54, 1.807) is 42.7 Å². The van der Waals surface area contributed by atoms with E-state index in [1.807, 2.05) is 42.5 Å². The van der Waals surface area contributed by atoms with Gasteiger partial charge in [0.25, 0.3) is 5.91 Å². The number of nitrogens with one attached hydrogen (secondary N) is 1. The van der Waals surface area contributed by atoms with Crippen molar-refractivity contribution in [3.63, 3.8) is 0 Å². The molecular weight excluding hydrogens is 375 g/mol. The second-order valence-corrected chi connectivity index (χ2v) is 7.25. The molecule has 0 bridgehead atoms. The van der Waals surface area contributed by atoms with Gasteiger partial charge in [-0.2, -0.15) is 0 Å². The zero-order valence-electron chi connectivity index (χ0n) is 15.1. The first kappa shape index (κ1) is 18.1. The van der Waals surface area contributed by atoms with Gasteiger partial charge in [0.15, 0.2) is 0 Å². The van der Waals surface area contributed by atoms with Gasteiger partial charge in [-0.05, 0) is 60.2 Å². The molecule has 1 heterocycles. The molecule has 1 amide bonds. The first-order valence-electron chi connectivity index (χ1n) is 8.67. The minimum atomic E-state index is -0.593. The smallest absolute Gasteiger partial charge is 0.255 e. The molecule has 0 unspecified atom stereocenters. The number of hydrogen-bond donors (Lipinski definition) is 1. The van der Waals surface area contributed by atoms with Crippen molar-refractivity contribution in [2.45, 2.75) is 6.67 Å². The summed E-state index contributed by atoms with van der Waals surface area (Å²) in [4.78, 5) is 17.0. The third-order valence-electron chi connectivity index (χ3n) is 4.33. The van der Waals surface area contributed by atoms with E-state index in [4.69, 9.17) is 4.74 Å². The number of amides is 1. The summed E-state index contributed by atoms with van der Waals surface area (Å²) in [7, 11) is 1.64. The largest absolute Gasteiger partial charge is 0.497 e. The third kappa shape index (κ3) is 3.73. The topological polar surface area (TPSA) is 51.2 Å². The molecule has 1 aromatic heterocycles. The van der Waals surface area contributed by atoms with Gasteiger partial charge in [0.1, 0.15) is 17.4 Å². The highest BCUT2D eigenvalue weighted by Crippen LogP contribution is 2.32. The summed E-state index contributed by atoms with van der Waals surface area (Å²) in [5.74, 6) is 0.535. The van der Waals surface area contributed by atoms with Gasteiger partial charge in [-0.15, -0.1) is 11.3 Å². The molecule has 0 aliphatic carbocycles. The maximum Gasteiger partial charge on any atom is 0.255 e. The number of alkyl halides is 1. The van der Waals surface area contributed by atoms with Crippen LogP contribution < -0.4 is 10.1 Å². The number of rotatable bonds is 5. The van der Waals surface area contributed by atoms with Crippen molar-refractivity contribution in [1.82, 2.24) is 4.98 Å². The van der Waals surface area contributed by atoms with Gasteiger partial charge in [0, 0.05) is 16.8 Å². The van der Waals surface area contributed by atoms with E-state index < -0.39 is 6.67 Å². The van der Waals surface area contributed by atoms with Crippen LogP contribution in [0.3, 0.4) is 0 Å². The molecule has 0 aliphatic rings. The fraction of sp³-hybridized carbons (Fsp3) is 0.0909. The Labute approximate surface area is 165 Å². The fourth-order valence-corrected chi connectivity index (χ4v) is 3.85. The number of fused-ring (bicyclic) bond motifs is 1. The molecular formula is C22H17FN2O2S. The Kier molecular flexibility index (Phi) is 5.04. The predicted molar refractivity (Wildman–Crippen MR) is 111 cm³/mol. The van der Waals surface area contributed by atoms with Gasteiger partial charge in [0.05, 0.1) is 17.3 Å². The molecule has 6 heteroatoms. The number of thiazole rings is 1. The predicted octanol–water partition coefficient (Wildman–Crippen LogP) is 5.69. The van der Waals surface area contributed by atoms with Gasteiger partial charge >= 0.3 is 0 Å². The Hall–Kier alpha value is -3.25. The van der Waals surface area contributed by atoms with Crippen molar-refractivity contribution in [1.29, 1.82) is 0 Å². The van der Waals surface area contributed by atoms with Crippen LogP contribution in [0.1, 0.15) is 15.9 Å². The highest BCUT2D eigenvalue weighted by Gasteiger charge is 2.10. The normalized spacial score (nSPS) is 10.8. The summed E-state index contributed by atoms with van der Waals surface area (Å²) in [6, 6.07) is 19.8. The summed E-state index contributed by atoms with van der Waals surface area (Å²) in [5, 5.41) is 3.73. The van der Waals surface area contributed by atoms with Crippen LogP contribution in [0.15, 0.2) is 66.7 Å². The summed E-state index contributed by atoms with van der Waals surface area (Å²) in [6.07, 6.45) is 0. The zero-order chi connectivity index (χ0) is 19.5. The lowest BCUT2D eigenvalue weighted by molar-refractivity contribution is 0.102. The lowest BCUT2D eigenvalue weighted by atomic mass is 10.1. The van der Waals surface area contributed by atoms with E-state index >= 15 is 0 Å². The van der Waals surface area contributed by atoms with E-state index in [9.17, 15) is 9.18 Å². The van der Waals surface area contributed by atoms with Crippen molar-refractivity contribution >= 4 is 33.1 Å². The Morgan fingerprint density at radius 2 is 1.93 bits per heavy atom. The quantitative estimate of drug-likeness (QED) is 0.474. The molecule has 4 aromatic rings. The first-order valence-corrected chi connectivity index (χ1v) is 9.49. The maximum absolute atomic E-state index is 12.8. The molecule has 0 fully saturated rings. The van der Waals surface area contributed by atoms with Gasteiger partial charge in [0.2, 0.25) is 0 Å². The van der Waals surface area contributed by atoms with Gasteiger partial charge in [-0.3, -0.25) is 4.79 Å². The molecule has 140 valence electrons. The maximum atomic E-state index is 12.8. The summed E-state index contributed by atoms with van der Waals surface area (Å²) >= 11 is 1.59. The van der Waals surface area contributed by atoms with Crippen molar-refractivity contribution in [3.05, 3.63) is 77.9 Å². The Morgan fingerprint density at radius 3 is 2.68 bits per heavy atom. The number of ether oxygens (including phenoxy) is 1. The number of methoxy groups -OCH3 is 1. The molecule has 0 spiro atoms. The van der Waals surface area contributed by atoms with Crippen molar-refractivity contribution in [2.75, 3.05) is 12.4 Å². The molecule has 0 saturated heterocycles. The lowest BCUT2D eigenvalue weighted by Crippen LogP contribution is -2.11. The summed E-state index contributed by atoms with van der Waals surface area (Å²) < 4.78 is 19.1. The van der Waals surface area contributed by atoms with Gasteiger partial charge in [-0.25, -0.2) is 9.37 Å². The van der Waals surface area contributed by atoms with E-state index in [-0.39, 0.29) is 5.91 Å².